The third-order valence-electron chi connectivity index (χ3n) is 5.15. The largest absolute Gasteiger partial charge is 0.394 e. The van der Waals surface area contributed by atoms with Gasteiger partial charge in [0.1, 0.15) is 43.6 Å². The average molecular weight is 474 g/mol. The lowest BCUT2D eigenvalue weighted by Gasteiger charge is -2.31. The number of urea groups is 1. The molecular weight excluding hydrogens is 448 g/mol. The third-order valence-corrected chi connectivity index (χ3v) is 5.15. The Kier molecular flexibility index (Phi) is 7.74. The lowest BCUT2D eigenvalue weighted by molar-refractivity contribution is -0.0787. The minimum atomic E-state index is -1.30. The number of anilines is 1. The molecule has 1 unspecified atom stereocenters. The van der Waals surface area contributed by atoms with Crippen molar-refractivity contribution in [1.29, 1.82) is 0 Å². The van der Waals surface area contributed by atoms with Crippen LogP contribution in [0.3, 0.4) is 0 Å². The second-order valence-electron chi connectivity index (χ2n) is 7.33. The second kappa shape index (κ2) is 10.3. The maximum Gasteiger partial charge on any atom is 0.354 e. The van der Waals surface area contributed by atoms with Gasteiger partial charge < -0.3 is 46.5 Å². The second-order valence-corrected chi connectivity index (χ2v) is 7.33. The van der Waals surface area contributed by atoms with Gasteiger partial charge in [0.05, 0.1) is 19.3 Å². The number of aliphatic imine (C=N–C) groups is 1. The van der Waals surface area contributed by atoms with Crippen molar-refractivity contribution in [3.63, 3.8) is 0 Å². The molecule has 17 heteroatoms. The number of carbonyl (C=O) groups is 1. The van der Waals surface area contributed by atoms with E-state index in [4.69, 9.17) is 31.2 Å². The van der Waals surface area contributed by atoms with Crippen LogP contribution in [0.2, 0.25) is 0 Å². The van der Waals surface area contributed by atoms with Crippen molar-refractivity contribution < 1.29 is 39.8 Å². The number of amides is 2. The molecule has 2 amide bonds. The molecular formula is C16H26N8O9. The third kappa shape index (κ3) is 5.36. The molecule has 7 atom stereocenters. The van der Waals surface area contributed by atoms with Gasteiger partial charge in [0, 0.05) is 6.42 Å². The van der Waals surface area contributed by atoms with E-state index in [1.807, 2.05) is 0 Å². The summed E-state index contributed by atoms with van der Waals surface area (Å²) < 4.78 is 11.6. The van der Waals surface area contributed by atoms with Gasteiger partial charge in [0.25, 0.3) is 0 Å². The average Bonchev–Trinajstić information content (AvgIpc) is 3.28. The Hall–Kier alpha value is -2.93. The van der Waals surface area contributed by atoms with E-state index in [9.17, 15) is 24.9 Å². The number of rotatable bonds is 4. The highest BCUT2D eigenvalue weighted by Gasteiger charge is 2.47. The molecule has 1 aromatic rings. The molecule has 10 N–H and O–H groups in total. The normalized spacial score (nSPS) is 33.8. The zero-order valence-corrected chi connectivity index (χ0v) is 17.2. The quantitative estimate of drug-likeness (QED) is 0.203. The molecule has 3 aliphatic heterocycles. The first kappa shape index (κ1) is 24.7. The summed E-state index contributed by atoms with van der Waals surface area (Å²) in [6.07, 6.45) is -5.27. The van der Waals surface area contributed by atoms with Gasteiger partial charge in [-0.05, 0) is 0 Å². The van der Waals surface area contributed by atoms with Crippen LogP contribution in [0.1, 0.15) is 12.6 Å². The van der Waals surface area contributed by atoms with Gasteiger partial charge in [-0.15, -0.1) is 0 Å². The number of hydrogen-bond acceptors (Lipinski definition) is 14. The topological polar surface area (TPSA) is 264 Å². The maximum atomic E-state index is 11.6. The molecule has 3 aliphatic rings. The van der Waals surface area contributed by atoms with Crippen molar-refractivity contribution in [3.8, 4) is 0 Å². The van der Waals surface area contributed by atoms with Crippen LogP contribution in [0.25, 0.3) is 0 Å². The number of aliphatic hydroxyl groups is 5. The number of nitrogen functional groups attached to an aromatic ring is 1. The van der Waals surface area contributed by atoms with E-state index < -0.39 is 61.3 Å². The molecule has 4 heterocycles. The van der Waals surface area contributed by atoms with Gasteiger partial charge in [-0.2, -0.15) is 4.98 Å². The minimum Gasteiger partial charge on any atom is -0.394 e. The molecule has 0 radical (unpaired) electrons. The number of nitrogens with two attached hydrogens (primary N) is 2. The van der Waals surface area contributed by atoms with E-state index in [2.05, 4.69) is 20.3 Å². The highest BCUT2D eigenvalue weighted by molar-refractivity contribution is 5.96. The number of guanidine groups is 1. The zero-order valence-electron chi connectivity index (χ0n) is 17.2. The smallest absolute Gasteiger partial charge is 0.354 e. The van der Waals surface area contributed by atoms with Crippen molar-refractivity contribution in [1.82, 2.24) is 24.8 Å². The molecule has 2 saturated heterocycles. The first-order chi connectivity index (χ1) is 15.7. The fraction of sp³-hybridized carbons (Fsp3) is 0.688. The van der Waals surface area contributed by atoms with Crippen molar-refractivity contribution in [3.05, 3.63) is 16.8 Å². The van der Waals surface area contributed by atoms with Crippen LogP contribution in [-0.2, 0) is 9.47 Å². The van der Waals surface area contributed by atoms with Crippen molar-refractivity contribution in [2.75, 3.05) is 25.6 Å². The fourth-order valence-electron chi connectivity index (χ4n) is 3.37. The summed E-state index contributed by atoms with van der Waals surface area (Å²) in [7, 11) is 0. The van der Waals surface area contributed by atoms with Gasteiger partial charge in [-0.1, -0.05) is 0 Å². The number of aromatic nitrogens is 3. The summed E-state index contributed by atoms with van der Waals surface area (Å²) in [5, 5.41) is 48.8. The number of aliphatic hydroxyl groups excluding tert-OH is 5. The summed E-state index contributed by atoms with van der Waals surface area (Å²) in [5.74, 6) is -0.128. The van der Waals surface area contributed by atoms with Crippen LogP contribution >= 0.6 is 0 Å². The Morgan fingerprint density at radius 2 is 1.79 bits per heavy atom. The van der Waals surface area contributed by atoms with E-state index in [1.165, 1.54) is 6.33 Å². The summed E-state index contributed by atoms with van der Waals surface area (Å²) >= 11 is 0. The Balaban J connectivity index is 0.000000186. The zero-order chi connectivity index (χ0) is 24.3. The number of nitrogens with zero attached hydrogens (tertiary/aromatic N) is 5. The predicted molar refractivity (Wildman–Crippen MR) is 107 cm³/mol. The molecule has 0 saturated carbocycles. The standard InChI is InChI=1S/C8H14N4O5.C8H12N4O4/c9-7-10-2-12(8(16)11-7)6-5(15)4(14)3(1-13)17-6;9-7-10-3-12(8(15)11-7)6-1-4(14)5(2-13)16-6/h3-6,13-15H,1-2H2,(H3,9,10,11,16);3-6,13-14H,1-2H2,(H2,9,11,15)/t3-,4?,5+,6-;4-,5-,6-/m11/s1. The number of ether oxygens (including phenoxy) is 2. The lowest BCUT2D eigenvalue weighted by atomic mass is 10.1. The van der Waals surface area contributed by atoms with Gasteiger partial charge >= 0.3 is 11.7 Å². The van der Waals surface area contributed by atoms with Gasteiger partial charge in [0.15, 0.2) is 12.2 Å². The Bertz CT molecular complexity index is 929. The van der Waals surface area contributed by atoms with Gasteiger partial charge in [-0.3, -0.25) is 14.8 Å². The van der Waals surface area contributed by atoms with Gasteiger partial charge in [0.2, 0.25) is 5.95 Å². The number of nitrogens with one attached hydrogen (secondary N) is 1. The molecule has 0 bridgehead atoms. The highest BCUT2D eigenvalue weighted by atomic mass is 16.6. The van der Waals surface area contributed by atoms with E-state index >= 15 is 0 Å². The van der Waals surface area contributed by atoms with E-state index in [0.29, 0.717) is 0 Å². The van der Waals surface area contributed by atoms with Gasteiger partial charge in [-0.25, -0.2) is 19.6 Å². The van der Waals surface area contributed by atoms with E-state index in [1.54, 1.807) is 0 Å². The van der Waals surface area contributed by atoms with Crippen LogP contribution in [0.4, 0.5) is 10.7 Å². The molecule has 2 fully saturated rings. The van der Waals surface area contributed by atoms with Crippen LogP contribution in [-0.4, -0.2) is 114 Å². The summed E-state index contributed by atoms with van der Waals surface area (Å²) in [5.41, 5.74) is 9.95. The highest BCUT2D eigenvalue weighted by Crippen LogP contribution is 2.27. The molecule has 0 aliphatic carbocycles. The SMILES string of the molecule is NC1=NCN([C@@H]2O[C@H](CO)C(O)[C@@H]2O)C(=O)N1.Nc1ncn([C@H]2C[C@@H](O)[C@@H](CO)O2)c(=O)n1. The molecule has 184 valence electrons. The van der Waals surface area contributed by atoms with E-state index in [-0.39, 0.29) is 31.6 Å². The van der Waals surface area contributed by atoms with Crippen LogP contribution in [0.15, 0.2) is 16.1 Å². The predicted octanol–water partition coefficient (Wildman–Crippen LogP) is -5.42. The fourth-order valence-corrected chi connectivity index (χ4v) is 3.37. The molecule has 17 nitrogen and oxygen atoms in total. The van der Waals surface area contributed by atoms with Crippen molar-refractivity contribution >= 4 is 17.9 Å². The molecule has 4 rings (SSSR count). The molecule has 0 aromatic carbocycles. The summed E-state index contributed by atoms with van der Waals surface area (Å²) in [6.45, 7) is -0.831. The molecule has 0 spiro atoms. The van der Waals surface area contributed by atoms with Crippen LogP contribution in [0, 0.1) is 0 Å². The summed E-state index contributed by atoms with van der Waals surface area (Å²) in [6, 6.07) is -0.577. The Morgan fingerprint density at radius 3 is 2.33 bits per heavy atom. The molecule has 1 aromatic heterocycles. The lowest BCUT2D eigenvalue weighted by Crippen LogP contribution is -2.56. The minimum absolute atomic E-state index is 0.0157. The first-order valence-corrected chi connectivity index (χ1v) is 9.81. The van der Waals surface area contributed by atoms with Crippen molar-refractivity contribution in [2.24, 2.45) is 10.7 Å². The Labute approximate surface area is 185 Å². The van der Waals surface area contributed by atoms with Crippen LogP contribution in [0.5, 0.6) is 0 Å². The summed E-state index contributed by atoms with van der Waals surface area (Å²) in [4.78, 5) is 35.0. The van der Waals surface area contributed by atoms with Crippen LogP contribution < -0.4 is 22.5 Å². The van der Waals surface area contributed by atoms with E-state index in [0.717, 1.165) is 9.47 Å². The molecule has 33 heavy (non-hydrogen) atoms. The Morgan fingerprint density at radius 1 is 1.09 bits per heavy atom. The number of hydrogen-bond donors (Lipinski definition) is 8. The van der Waals surface area contributed by atoms with Crippen molar-refractivity contribution in [2.45, 2.75) is 49.4 Å². The monoisotopic (exact) mass is 474 g/mol. The first-order valence-electron chi connectivity index (χ1n) is 9.81. The maximum absolute atomic E-state index is 11.6. The number of carbonyl (C=O) groups excluding carboxylic acids is 1.